The summed E-state index contributed by atoms with van der Waals surface area (Å²) in [6.07, 6.45) is 7.71. The molecule has 0 spiro atoms. The first kappa shape index (κ1) is 15.4. The number of nitrogens with zero attached hydrogens (tertiary/aromatic N) is 1. The van der Waals surface area contributed by atoms with Crippen molar-refractivity contribution in [1.82, 2.24) is 5.32 Å². The van der Waals surface area contributed by atoms with Gasteiger partial charge in [-0.25, -0.2) is 0 Å². The summed E-state index contributed by atoms with van der Waals surface area (Å²) in [6.45, 7) is 7.37. The second kappa shape index (κ2) is 7.05. The number of likely N-dealkylation sites (N-methyl/N-ethyl adjacent to an activating group) is 1. The topological polar surface area (TPSA) is 33.6 Å². The molecule has 0 aromatic carbocycles. The van der Waals surface area contributed by atoms with Gasteiger partial charge in [-0.3, -0.25) is 4.99 Å². The van der Waals surface area contributed by atoms with Gasteiger partial charge in [0.05, 0.1) is 5.60 Å². The van der Waals surface area contributed by atoms with Gasteiger partial charge in [-0.1, -0.05) is 6.08 Å². The summed E-state index contributed by atoms with van der Waals surface area (Å²) in [5, 5.41) is 3.21. The van der Waals surface area contributed by atoms with Crippen LogP contribution in [0.2, 0.25) is 0 Å². The number of rotatable bonds is 4. The summed E-state index contributed by atoms with van der Waals surface area (Å²) < 4.78 is 5.87. The van der Waals surface area contributed by atoms with Crippen LogP contribution in [-0.4, -0.2) is 38.1 Å². The molecule has 1 fully saturated rings. The Balaban J connectivity index is 2.72. The van der Waals surface area contributed by atoms with Gasteiger partial charge < -0.3 is 10.1 Å². The van der Waals surface area contributed by atoms with Gasteiger partial charge in [0.15, 0.2) is 0 Å². The van der Waals surface area contributed by atoms with Crippen LogP contribution >= 0.6 is 0 Å². The Labute approximate surface area is 112 Å². The normalized spacial score (nSPS) is 27.2. The molecule has 0 amide bonds. The SMILES string of the molecule is CN=C(/C=C\[C@H](C)NC)C1CCCOC(C)(C)C1. The molecule has 1 rings (SSSR count). The van der Waals surface area contributed by atoms with Gasteiger partial charge in [0.25, 0.3) is 0 Å². The molecule has 3 heteroatoms. The first-order valence-electron chi connectivity index (χ1n) is 6.94. The Morgan fingerprint density at radius 1 is 1.50 bits per heavy atom. The maximum Gasteiger partial charge on any atom is 0.0632 e. The Kier molecular flexibility index (Phi) is 6.03. The summed E-state index contributed by atoms with van der Waals surface area (Å²) in [5.74, 6) is 0.521. The van der Waals surface area contributed by atoms with E-state index in [0.29, 0.717) is 12.0 Å². The minimum absolute atomic E-state index is 0.0282. The van der Waals surface area contributed by atoms with Gasteiger partial charge >= 0.3 is 0 Å². The van der Waals surface area contributed by atoms with E-state index in [1.165, 1.54) is 12.1 Å². The lowest BCUT2D eigenvalue weighted by atomic mass is 9.87. The van der Waals surface area contributed by atoms with Gasteiger partial charge in [-0.2, -0.15) is 0 Å². The van der Waals surface area contributed by atoms with Crippen LogP contribution in [0, 0.1) is 5.92 Å². The van der Waals surface area contributed by atoms with Crippen molar-refractivity contribution in [2.75, 3.05) is 20.7 Å². The van der Waals surface area contributed by atoms with Crippen molar-refractivity contribution in [3.8, 4) is 0 Å². The zero-order valence-corrected chi connectivity index (χ0v) is 12.5. The van der Waals surface area contributed by atoms with Crippen molar-refractivity contribution < 1.29 is 4.74 Å². The summed E-state index contributed by atoms with van der Waals surface area (Å²) in [4.78, 5) is 4.47. The molecule has 0 aliphatic carbocycles. The molecular formula is C15H28N2O. The maximum atomic E-state index is 5.87. The van der Waals surface area contributed by atoms with Crippen molar-refractivity contribution in [2.24, 2.45) is 10.9 Å². The number of aliphatic imine (C=N–C) groups is 1. The van der Waals surface area contributed by atoms with Crippen molar-refractivity contribution >= 4 is 5.71 Å². The molecule has 3 nitrogen and oxygen atoms in total. The first-order valence-corrected chi connectivity index (χ1v) is 6.94. The largest absolute Gasteiger partial charge is 0.376 e. The van der Waals surface area contributed by atoms with Crippen molar-refractivity contribution in [1.29, 1.82) is 0 Å². The molecule has 1 N–H and O–H groups in total. The molecule has 0 aromatic rings. The van der Waals surface area contributed by atoms with E-state index in [2.05, 4.69) is 43.2 Å². The van der Waals surface area contributed by atoms with Gasteiger partial charge in [0, 0.05) is 31.3 Å². The summed E-state index contributed by atoms with van der Waals surface area (Å²) >= 11 is 0. The summed E-state index contributed by atoms with van der Waals surface area (Å²) in [6, 6.07) is 0.386. The van der Waals surface area contributed by atoms with E-state index in [1.54, 1.807) is 0 Å². The number of nitrogens with one attached hydrogen (secondary N) is 1. The van der Waals surface area contributed by atoms with E-state index in [0.717, 1.165) is 19.4 Å². The predicted molar refractivity (Wildman–Crippen MR) is 78.4 cm³/mol. The third-order valence-corrected chi connectivity index (χ3v) is 3.62. The second-order valence-electron chi connectivity index (χ2n) is 5.74. The zero-order chi connectivity index (χ0) is 13.6. The smallest absolute Gasteiger partial charge is 0.0632 e. The minimum Gasteiger partial charge on any atom is -0.376 e. The maximum absolute atomic E-state index is 5.87. The van der Waals surface area contributed by atoms with Crippen LogP contribution in [-0.2, 0) is 4.74 Å². The second-order valence-corrected chi connectivity index (χ2v) is 5.74. The number of allylic oxidation sites excluding steroid dienone is 1. The van der Waals surface area contributed by atoms with Crippen LogP contribution in [0.4, 0.5) is 0 Å². The van der Waals surface area contributed by atoms with Gasteiger partial charge in [0.1, 0.15) is 0 Å². The quantitative estimate of drug-likeness (QED) is 0.781. The highest BCUT2D eigenvalue weighted by molar-refractivity contribution is 5.96. The summed E-state index contributed by atoms with van der Waals surface area (Å²) in [5.41, 5.74) is 1.18. The van der Waals surface area contributed by atoms with E-state index < -0.39 is 0 Å². The molecule has 1 saturated heterocycles. The fourth-order valence-corrected chi connectivity index (χ4v) is 2.42. The molecule has 1 heterocycles. The number of ether oxygens (including phenoxy) is 1. The lowest BCUT2D eigenvalue weighted by molar-refractivity contribution is -0.0154. The van der Waals surface area contributed by atoms with Crippen LogP contribution in [0.5, 0.6) is 0 Å². The molecule has 2 atom stereocenters. The summed E-state index contributed by atoms with van der Waals surface area (Å²) in [7, 11) is 3.86. The van der Waals surface area contributed by atoms with E-state index >= 15 is 0 Å². The lowest BCUT2D eigenvalue weighted by Crippen LogP contribution is -2.28. The first-order chi connectivity index (χ1) is 8.48. The lowest BCUT2D eigenvalue weighted by Gasteiger charge is -2.26. The average Bonchev–Trinajstić information content (AvgIpc) is 2.50. The third-order valence-electron chi connectivity index (χ3n) is 3.62. The molecule has 1 aliphatic heterocycles. The average molecular weight is 252 g/mol. The molecule has 0 radical (unpaired) electrons. The van der Waals surface area contributed by atoms with E-state index in [1.807, 2.05) is 14.1 Å². The van der Waals surface area contributed by atoms with Gasteiger partial charge in [-0.05, 0) is 53.2 Å². The third kappa shape index (κ3) is 4.91. The molecule has 104 valence electrons. The molecule has 1 unspecified atom stereocenters. The highest BCUT2D eigenvalue weighted by Crippen LogP contribution is 2.29. The van der Waals surface area contributed by atoms with E-state index in [4.69, 9.17) is 4.74 Å². The van der Waals surface area contributed by atoms with E-state index in [-0.39, 0.29) is 5.60 Å². The van der Waals surface area contributed by atoms with Gasteiger partial charge in [-0.15, -0.1) is 0 Å². The standard InChI is InChI=1S/C15H28N2O/c1-12(16-4)8-9-14(17-5)13-7-6-10-18-15(2,3)11-13/h8-9,12-13,16H,6-7,10-11H2,1-5H3/b9-8-,17-14?/t12-,13?/m0/s1. The van der Waals surface area contributed by atoms with Crippen molar-refractivity contribution in [3.05, 3.63) is 12.2 Å². The minimum atomic E-state index is -0.0282. The van der Waals surface area contributed by atoms with Crippen molar-refractivity contribution in [3.63, 3.8) is 0 Å². The van der Waals surface area contributed by atoms with Crippen molar-refractivity contribution in [2.45, 2.75) is 51.7 Å². The Morgan fingerprint density at radius 2 is 2.22 bits per heavy atom. The predicted octanol–water partition coefficient (Wildman–Crippen LogP) is 2.82. The molecular weight excluding hydrogens is 224 g/mol. The van der Waals surface area contributed by atoms with Crippen LogP contribution in [0.3, 0.4) is 0 Å². The Morgan fingerprint density at radius 3 is 2.83 bits per heavy atom. The molecule has 0 bridgehead atoms. The van der Waals surface area contributed by atoms with Crippen LogP contribution in [0.1, 0.15) is 40.0 Å². The molecule has 0 saturated carbocycles. The molecule has 0 aromatic heterocycles. The highest BCUT2D eigenvalue weighted by Gasteiger charge is 2.28. The number of hydrogen-bond donors (Lipinski definition) is 1. The molecule has 1 aliphatic rings. The van der Waals surface area contributed by atoms with Crippen LogP contribution in [0.25, 0.3) is 0 Å². The van der Waals surface area contributed by atoms with Crippen LogP contribution in [0.15, 0.2) is 17.1 Å². The zero-order valence-electron chi connectivity index (χ0n) is 12.5. The fraction of sp³-hybridized carbons (Fsp3) is 0.800. The highest BCUT2D eigenvalue weighted by atomic mass is 16.5. The van der Waals surface area contributed by atoms with E-state index in [9.17, 15) is 0 Å². The Bertz CT molecular complexity index is 308. The fourth-order valence-electron chi connectivity index (χ4n) is 2.42. The van der Waals surface area contributed by atoms with Gasteiger partial charge in [0.2, 0.25) is 0 Å². The van der Waals surface area contributed by atoms with Crippen LogP contribution < -0.4 is 5.32 Å². The molecule has 18 heavy (non-hydrogen) atoms. The Hall–Kier alpha value is -0.670. The number of hydrogen-bond acceptors (Lipinski definition) is 3. The monoisotopic (exact) mass is 252 g/mol.